The van der Waals surface area contributed by atoms with Gasteiger partial charge in [-0.3, -0.25) is 19.1 Å². The second-order valence-corrected chi connectivity index (χ2v) is 5.16. The van der Waals surface area contributed by atoms with Crippen molar-refractivity contribution in [1.29, 1.82) is 0 Å². The van der Waals surface area contributed by atoms with Gasteiger partial charge in [-0.05, 0) is 12.1 Å². The maximum Gasteiger partial charge on any atom is 0.387 e. The molecular weight excluding hydrogens is 338 g/mol. The Morgan fingerprint density at radius 1 is 1.32 bits per heavy atom. The standard InChI is InChI=1S/C15H12F2N4O4/c1-20-12-11(13(23)19-15(20)24)21(7-18-12)6-9(22)8-4-2-3-5-10(8)25-14(16)17/h2-5,7,14H,6H2,1H3,(H,19,23,24). The van der Waals surface area contributed by atoms with Crippen LogP contribution in [0.1, 0.15) is 10.4 Å². The van der Waals surface area contributed by atoms with Crippen molar-refractivity contribution >= 4 is 16.9 Å². The van der Waals surface area contributed by atoms with E-state index >= 15 is 0 Å². The summed E-state index contributed by atoms with van der Waals surface area (Å²) in [6, 6.07) is 5.57. The van der Waals surface area contributed by atoms with Crippen molar-refractivity contribution in [2.45, 2.75) is 13.2 Å². The van der Waals surface area contributed by atoms with E-state index < -0.39 is 23.6 Å². The number of ether oxygens (including phenoxy) is 1. The number of aromatic nitrogens is 4. The fourth-order valence-electron chi connectivity index (χ4n) is 2.44. The number of rotatable bonds is 5. The first-order valence-electron chi connectivity index (χ1n) is 7.09. The van der Waals surface area contributed by atoms with Crippen LogP contribution < -0.4 is 16.0 Å². The van der Waals surface area contributed by atoms with E-state index in [1.807, 2.05) is 0 Å². The number of aromatic amines is 1. The molecule has 0 atom stereocenters. The van der Waals surface area contributed by atoms with Crippen LogP contribution in [0, 0.1) is 0 Å². The number of carbonyl (C=O) groups excluding carboxylic acids is 1. The Labute approximate surface area is 138 Å². The Hall–Kier alpha value is -3.30. The molecule has 10 heteroatoms. The van der Waals surface area contributed by atoms with Gasteiger partial charge in [-0.2, -0.15) is 8.78 Å². The molecule has 3 aromatic rings. The lowest BCUT2D eigenvalue weighted by atomic mass is 10.1. The van der Waals surface area contributed by atoms with Gasteiger partial charge in [-0.1, -0.05) is 12.1 Å². The Balaban J connectivity index is 2.01. The molecule has 0 bridgehead atoms. The molecule has 25 heavy (non-hydrogen) atoms. The molecule has 2 heterocycles. The Bertz CT molecular complexity index is 1070. The number of halogens is 2. The summed E-state index contributed by atoms with van der Waals surface area (Å²) in [6.07, 6.45) is 1.23. The summed E-state index contributed by atoms with van der Waals surface area (Å²) in [6.45, 7) is -3.40. The molecule has 8 nitrogen and oxygen atoms in total. The highest BCUT2D eigenvalue weighted by Gasteiger charge is 2.18. The summed E-state index contributed by atoms with van der Waals surface area (Å²) < 4.78 is 31.6. The van der Waals surface area contributed by atoms with Crippen LogP contribution in [0.2, 0.25) is 0 Å². The monoisotopic (exact) mass is 350 g/mol. The van der Waals surface area contributed by atoms with Crippen molar-refractivity contribution < 1.29 is 18.3 Å². The van der Waals surface area contributed by atoms with Gasteiger partial charge >= 0.3 is 12.3 Å². The number of hydrogen-bond donors (Lipinski definition) is 1. The molecule has 1 aromatic carbocycles. The summed E-state index contributed by atoms with van der Waals surface area (Å²) in [4.78, 5) is 42.1. The van der Waals surface area contributed by atoms with Crippen molar-refractivity contribution in [3.8, 4) is 5.75 Å². The maximum atomic E-state index is 12.5. The molecule has 0 amide bonds. The van der Waals surface area contributed by atoms with Crippen LogP contribution in [-0.2, 0) is 13.6 Å². The van der Waals surface area contributed by atoms with Crippen LogP contribution in [0.15, 0.2) is 40.2 Å². The van der Waals surface area contributed by atoms with Gasteiger partial charge < -0.3 is 9.30 Å². The second kappa shape index (κ2) is 6.30. The van der Waals surface area contributed by atoms with E-state index in [1.54, 1.807) is 0 Å². The third-order valence-corrected chi connectivity index (χ3v) is 3.59. The third kappa shape index (κ3) is 3.05. The Kier molecular flexibility index (Phi) is 4.17. The Morgan fingerprint density at radius 2 is 2.04 bits per heavy atom. The summed E-state index contributed by atoms with van der Waals surface area (Å²) in [5, 5.41) is 0. The molecule has 0 unspecified atom stereocenters. The number of para-hydroxylation sites is 1. The molecule has 0 fully saturated rings. The topological polar surface area (TPSA) is 99.0 Å². The zero-order valence-corrected chi connectivity index (χ0v) is 12.9. The van der Waals surface area contributed by atoms with Crippen LogP contribution in [0.3, 0.4) is 0 Å². The molecule has 3 rings (SSSR count). The second-order valence-electron chi connectivity index (χ2n) is 5.16. The molecule has 0 saturated heterocycles. The molecular formula is C15H12F2N4O4. The smallest absolute Gasteiger partial charge is 0.387 e. The zero-order valence-electron chi connectivity index (χ0n) is 12.9. The first kappa shape index (κ1) is 16.6. The lowest BCUT2D eigenvalue weighted by Crippen LogP contribution is -2.29. The van der Waals surface area contributed by atoms with Crippen molar-refractivity contribution in [3.05, 3.63) is 57.0 Å². The van der Waals surface area contributed by atoms with Gasteiger partial charge in [0.05, 0.1) is 18.4 Å². The minimum atomic E-state index is -3.07. The summed E-state index contributed by atoms with van der Waals surface area (Å²) in [7, 11) is 1.42. The van der Waals surface area contributed by atoms with Crippen LogP contribution in [0.5, 0.6) is 5.75 Å². The van der Waals surface area contributed by atoms with Crippen LogP contribution in [-0.4, -0.2) is 31.5 Å². The van der Waals surface area contributed by atoms with Gasteiger partial charge in [-0.25, -0.2) is 9.78 Å². The largest absolute Gasteiger partial charge is 0.434 e. The molecule has 2 aromatic heterocycles. The summed E-state index contributed by atoms with van der Waals surface area (Å²) in [5.41, 5.74) is -1.24. The quantitative estimate of drug-likeness (QED) is 0.690. The van der Waals surface area contributed by atoms with E-state index in [2.05, 4.69) is 14.7 Å². The molecule has 1 N–H and O–H groups in total. The van der Waals surface area contributed by atoms with E-state index in [9.17, 15) is 23.2 Å². The molecule has 0 saturated carbocycles. The number of benzene rings is 1. The lowest BCUT2D eigenvalue weighted by Gasteiger charge is -2.10. The van der Waals surface area contributed by atoms with Crippen LogP contribution in [0.25, 0.3) is 11.2 Å². The minimum Gasteiger partial charge on any atom is -0.434 e. The number of imidazole rings is 1. The lowest BCUT2D eigenvalue weighted by molar-refractivity contribution is -0.0501. The van der Waals surface area contributed by atoms with Gasteiger partial charge in [0.15, 0.2) is 16.9 Å². The highest BCUT2D eigenvalue weighted by atomic mass is 19.3. The number of nitrogens with zero attached hydrogens (tertiary/aromatic N) is 3. The van der Waals surface area contributed by atoms with E-state index in [-0.39, 0.29) is 29.0 Å². The van der Waals surface area contributed by atoms with Crippen molar-refractivity contribution in [3.63, 3.8) is 0 Å². The normalized spacial score (nSPS) is 11.2. The highest BCUT2D eigenvalue weighted by Crippen LogP contribution is 2.21. The fourth-order valence-corrected chi connectivity index (χ4v) is 2.44. The third-order valence-electron chi connectivity index (χ3n) is 3.59. The molecule has 0 aliphatic heterocycles. The van der Waals surface area contributed by atoms with Crippen molar-refractivity contribution in [2.24, 2.45) is 7.05 Å². The zero-order chi connectivity index (χ0) is 18.1. The van der Waals surface area contributed by atoms with Crippen LogP contribution in [0.4, 0.5) is 8.78 Å². The van der Waals surface area contributed by atoms with Crippen molar-refractivity contribution in [2.75, 3.05) is 0 Å². The van der Waals surface area contributed by atoms with Gasteiger partial charge in [0.2, 0.25) is 0 Å². The number of alkyl halides is 2. The number of hydrogen-bond acceptors (Lipinski definition) is 5. The average Bonchev–Trinajstić information content (AvgIpc) is 2.97. The maximum absolute atomic E-state index is 12.5. The summed E-state index contributed by atoms with van der Waals surface area (Å²) in [5.74, 6) is -0.808. The van der Waals surface area contributed by atoms with Gasteiger partial charge in [0.25, 0.3) is 5.56 Å². The first-order chi connectivity index (χ1) is 11.9. The van der Waals surface area contributed by atoms with E-state index in [0.717, 1.165) is 4.57 Å². The Morgan fingerprint density at radius 3 is 2.76 bits per heavy atom. The molecule has 130 valence electrons. The SMILES string of the molecule is Cn1c(=O)[nH]c(=O)c2c1ncn2CC(=O)c1ccccc1OC(F)F. The number of H-pyrrole nitrogens is 1. The van der Waals surface area contributed by atoms with Crippen LogP contribution >= 0.6 is 0 Å². The summed E-state index contributed by atoms with van der Waals surface area (Å²) >= 11 is 0. The highest BCUT2D eigenvalue weighted by molar-refractivity contribution is 5.99. The van der Waals surface area contributed by atoms with E-state index in [4.69, 9.17) is 0 Å². The molecule has 0 radical (unpaired) electrons. The molecule has 0 spiro atoms. The van der Waals surface area contributed by atoms with Crippen molar-refractivity contribution in [1.82, 2.24) is 19.1 Å². The number of carbonyl (C=O) groups is 1. The number of Topliss-reactive ketones (excluding diaryl/α,β-unsaturated/α-hetero) is 1. The minimum absolute atomic E-state index is 0.0303. The molecule has 0 aliphatic carbocycles. The predicted octanol–water partition coefficient (Wildman–Crippen LogP) is 0.908. The molecule has 0 aliphatic rings. The number of nitrogens with one attached hydrogen (secondary N) is 1. The van der Waals surface area contributed by atoms with Gasteiger partial charge in [0.1, 0.15) is 5.75 Å². The van der Waals surface area contributed by atoms with E-state index in [1.165, 1.54) is 42.2 Å². The predicted molar refractivity (Wildman–Crippen MR) is 83.0 cm³/mol. The first-order valence-corrected chi connectivity index (χ1v) is 7.09. The van der Waals surface area contributed by atoms with Gasteiger partial charge in [-0.15, -0.1) is 0 Å². The number of aryl methyl sites for hydroxylation is 1. The van der Waals surface area contributed by atoms with Gasteiger partial charge in [0, 0.05) is 7.05 Å². The average molecular weight is 350 g/mol. The van der Waals surface area contributed by atoms with E-state index in [0.29, 0.717) is 0 Å². The fraction of sp³-hybridized carbons (Fsp3) is 0.200. The number of ketones is 1. The number of fused-ring (bicyclic) bond motifs is 1.